The van der Waals surface area contributed by atoms with Gasteiger partial charge in [0.05, 0.1) is 30.3 Å². The minimum atomic E-state index is -4.10. The van der Waals surface area contributed by atoms with Crippen molar-refractivity contribution in [3.05, 3.63) is 58.7 Å². The SMILES string of the molecule is C#Cc1ccc(C#Cc2cc(OCCCS(=O)(=O)O)c(C(C)(C)C)cc2OCCCS(=O)(=O)O)cc1. The van der Waals surface area contributed by atoms with Crippen LogP contribution in [0, 0.1) is 24.2 Å². The van der Waals surface area contributed by atoms with Crippen LogP contribution in [0.3, 0.4) is 0 Å². The highest BCUT2D eigenvalue weighted by Crippen LogP contribution is 2.37. The van der Waals surface area contributed by atoms with Crippen LogP contribution in [0.5, 0.6) is 11.5 Å². The minimum absolute atomic E-state index is 0.0312. The molecule has 0 bridgehead atoms. The summed E-state index contributed by atoms with van der Waals surface area (Å²) in [6, 6.07) is 10.6. The molecule has 194 valence electrons. The second-order valence-electron chi connectivity index (χ2n) is 9.04. The predicted octanol–water partition coefficient (Wildman–Crippen LogP) is 3.68. The van der Waals surface area contributed by atoms with E-state index in [1.165, 1.54) is 0 Å². The van der Waals surface area contributed by atoms with E-state index in [1.54, 1.807) is 36.4 Å². The summed E-state index contributed by atoms with van der Waals surface area (Å²) in [5, 5.41) is 0. The van der Waals surface area contributed by atoms with E-state index in [1.807, 2.05) is 20.8 Å². The summed E-state index contributed by atoms with van der Waals surface area (Å²) < 4.78 is 73.7. The third-order valence-electron chi connectivity index (χ3n) is 4.89. The van der Waals surface area contributed by atoms with Crippen molar-refractivity contribution in [2.75, 3.05) is 24.7 Å². The van der Waals surface area contributed by atoms with Crippen LogP contribution in [0.25, 0.3) is 0 Å². The molecule has 0 aromatic heterocycles. The summed E-state index contributed by atoms with van der Waals surface area (Å²) in [6.07, 6.45) is 5.57. The lowest BCUT2D eigenvalue weighted by Gasteiger charge is -2.24. The highest BCUT2D eigenvalue weighted by Gasteiger charge is 2.22. The van der Waals surface area contributed by atoms with Crippen molar-refractivity contribution in [2.24, 2.45) is 0 Å². The van der Waals surface area contributed by atoms with Crippen LogP contribution < -0.4 is 9.47 Å². The van der Waals surface area contributed by atoms with E-state index in [-0.39, 0.29) is 31.5 Å². The topological polar surface area (TPSA) is 127 Å². The van der Waals surface area contributed by atoms with Gasteiger partial charge in [0.1, 0.15) is 11.5 Å². The maximum absolute atomic E-state index is 11.0. The monoisotopic (exact) mass is 534 g/mol. The molecule has 0 aliphatic rings. The average molecular weight is 535 g/mol. The molecule has 0 radical (unpaired) electrons. The van der Waals surface area contributed by atoms with Crippen LogP contribution in [-0.2, 0) is 25.7 Å². The van der Waals surface area contributed by atoms with Gasteiger partial charge in [-0.3, -0.25) is 9.11 Å². The molecule has 0 heterocycles. The fourth-order valence-electron chi connectivity index (χ4n) is 3.12. The number of rotatable bonds is 10. The van der Waals surface area contributed by atoms with Crippen molar-refractivity contribution in [1.29, 1.82) is 0 Å². The summed E-state index contributed by atoms with van der Waals surface area (Å²) in [5.74, 6) is 8.66. The molecule has 36 heavy (non-hydrogen) atoms. The molecular weight excluding hydrogens is 504 g/mol. The van der Waals surface area contributed by atoms with Crippen LogP contribution in [0.2, 0.25) is 0 Å². The van der Waals surface area contributed by atoms with Crippen LogP contribution in [0.4, 0.5) is 0 Å². The zero-order valence-electron chi connectivity index (χ0n) is 20.4. The second-order valence-corrected chi connectivity index (χ2v) is 12.2. The first-order chi connectivity index (χ1) is 16.7. The average Bonchev–Trinajstić information content (AvgIpc) is 2.77. The molecule has 2 rings (SSSR count). The van der Waals surface area contributed by atoms with Crippen molar-refractivity contribution < 1.29 is 35.4 Å². The van der Waals surface area contributed by atoms with Crippen LogP contribution in [-0.4, -0.2) is 50.7 Å². The summed E-state index contributed by atoms with van der Waals surface area (Å²) >= 11 is 0. The first kappa shape index (κ1) is 29.2. The van der Waals surface area contributed by atoms with Gasteiger partial charge in [0.15, 0.2) is 0 Å². The molecule has 10 heteroatoms. The molecule has 2 aromatic carbocycles. The van der Waals surface area contributed by atoms with E-state index in [2.05, 4.69) is 17.8 Å². The predicted molar refractivity (Wildman–Crippen MR) is 139 cm³/mol. The Hall–Kier alpha value is -3.02. The Kier molecular flexibility index (Phi) is 9.97. The highest BCUT2D eigenvalue weighted by molar-refractivity contribution is 7.86. The molecule has 0 aliphatic heterocycles. The highest BCUT2D eigenvalue weighted by atomic mass is 32.2. The normalized spacial score (nSPS) is 11.8. The van der Waals surface area contributed by atoms with Crippen LogP contribution >= 0.6 is 0 Å². The minimum Gasteiger partial charge on any atom is -0.493 e. The van der Waals surface area contributed by atoms with E-state index in [4.69, 9.17) is 25.0 Å². The van der Waals surface area contributed by atoms with Gasteiger partial charge in [-0.2, -0.15) is 16.8 Å². The maximum atomic E-state index is 11.0. The molecule has 0 spiro atoms. The van der Waals surface area contributed by atoms with Gasteiger partial charge in [-0.15, -0.1) is 6.42 Å². The molecule has 0 aliphatic carbocycles. The molecule has 0 amide bonds. The van der Waals surface area contributed by atoms with E-state index in [0.717, 1.165) is 11.1 Å². The van der Waals surface area contributed by atoms with E-state index < -0.39 is 31.7 Å². The zero-order valence-corrected chi connectivity index (χ0v) is 22.1. The Morgan fingerprint density at radius 3 is 1.78 bits per heavy atom. The standard InChI is InChI=1S/C26H30O8S2/c1-5-20-8-10-21(11-9-20)12-13-22-18-25(34-15-7-17-36(30,31)32)23(26(2,3)4)19-24(22)33-14-6-16-35(27,28)29/h1,8-11,18-19H,6-7,14-17H2,2-4H3,(H,27,28,29)(H,30,31,32). The van der Waals surface area contributed by atoms with Crippen molar-refractivity contribution >= 4 is 20.2 Å². The molecule has 0 atom stereocenters. The summed E-state index contributed by atoms with van der Waals surface area (Å²) in [7, 11) is -8.20. The van der Waals surface area contributed by atoms with Crippen molar-refractivity contribution in [3.8, 4) is 35.7 Å². The number of ether oxygens (including phenoxy) is 2. The smallest absolute Gasteiger partial charge is 0.264 e. The fourth-order valence-corrected chi connectivity index (χ4v) is 4.08. The molecule has 0 saturated heterocycles. The molecule has 2 N–H and O–H groups in total. The number of hydrogen-bond acceptors (Lipinski definition) is 6. The van der Waals surface area contributed by atoms with Crippen molar-refractivity contribution in [1.82, 2.24) is 0 Å². The summed E-state index contributed by atoms with van der Waals surface area (Å²) in [5.41, 5.74) is 2.28. The lowest BCUT2D eigenvalue weighted by atomic mass is 9.85. The van der Waals surface area contributed by atoms with E-state index in [0.29, 0.717) is 22.6 Å². The third-order valence-corrected chi connectivity index (χ3v) is 6.50. The lowest BCUT2D eigenvalue weighted by molar-refractivity contribution is 0.299. The summed E-state index contributed by atoms with van der Waals surface area (Å²) in [6.45, 7) is 5.98. The van der Waals surface area contributed by atoms with E-state index >= 15 is 0 Å². The van der Waals surface area contributed by atoms with Gasteiger partial charge >= 0.3 is 0 Å². The largest absolute Gasteiger partial charge is 0.493 e. The Bertz CT molecular complexity index is 1370. The molecule has 8 nitrogen and oxygen atoms in total. The van der Waals surface area contributed by atoms with Gasteiger partial charge in [0, 0.05) is 16.7 Å². The van der Waals surface area contributed by atoms with E-state index in [9.17, 15) is 16.8 Å². The Labute approximate surface area is 213 Å². The zero-order chi connectivity index (χ0) is 27.0. The Balaban J connectivity index is 2.43. The molecule has 0 fully saturated rings. The molecular formula is C26H30O8S2. The maximum Gasteiger partial charge on any atom is 0.264 e. The van der Waals surface area contributed by atoms with Crippen molar-refractivity contribution in [3.63, 3.8) is 0 Å². The molecule has 0 unspecified atom stereocenters. The number of benzene rings is 2. The van der Waals surface area contributed by atoms with Crippen molar-refractivity contribution in [2.45, 2.75) is 39.0 Å². The van der Waals surface area contributed by atoms with Gasteiger partial charge in [-0.25, -0.2) is 0 Å². The van der Waals surface area contributed by atoms with Crippen LogP contribution in [0.15, 0.2) is 36.4 Å². The quantitative estimate of drug-likeness (QED) is 0.269. The van der Waals surface area contributed by atoms with Gasteiger partial charge in [0.25, 0.3) is 20.2 Å². The Morgan fingerprint density at radius 1 is 0.806 bits per heavy atom. The van der Waals surface area contributed by atoms with Crippen LogP contribution in [0.1, 0.15) is 55.9 Å². The van der Waals surface area contributed by atoms with Gasteiger partial charge in [-0.1, -0.05) is 38.5 Å². The number of terminal acetylenes is 1. The Morgan fingerprint density at radius 2 is 1.31 bits per heavy atom. The summed E-state index contributed by atoms with van der Waals surface area (Å²) in [4.78, 5) is 0. The van der Waals surface area contributed by atoms with Gasteiger partial charge in [-0.05, 0) is 54.7 Å². The fraction of sp³-hybridized carbons (Fsp3) is 0.385. The molecule has 0 saturated carbocycles. The second kappa shape index (κ2) is 12.3. The van der Waals surface area contributed by atoms with Gasteiger partial charge < -0.3 is 9.47 Å². The lowest BCUT2D eigenvalue weighted by Crippen LogP contribution is -2.16. The number of hydrogen-bond donors (Lipinski definition) is 2. The molecule has 2 aromatic rings. The van der Waals surface area contributed by atoms with Gasteiger partial charge in [0.2, 0.25) is 0 Å². The first-order valence-electron chi connectivity index (χ1n) is 11.1. The third kappa shape index (κ3) is 10.3. The first-order valence-corrected chi connectivity index (χ1v) is 14.3.